The van der Waals surface area contributed by atoms with Crippen LogP contribution in [0.15, 0.2) is 84.9 Å². The third-order valence-electron chi connectivity index (χ3n) is 7.06. The minimum Gasteiger partial charge on any atom is -0.497 e. The molecule has 6 nitrogen and oxygen atoms in total. The largest absolute Gasteiger partial charge is 0.497 e. The minimum atomic E-state index is -0.0456. The molecule has 2 heterocycles. The number of aromatic nitrogens is 2. The van der Waals surface area contributed by atoms with Gasteiger partial charge in [0, 0.05) is 31.5 Å². The molecule has 6 heteroatoms. The smallest absolute Gasteiger partial charge is 0.227 e. The predicted octanol–water partition coefficient (Wildman–Crippen LogP) is 5.78. The Morgan fingerprint density at radius 3 is 2.58 bits per heavy atom. The highest BCUT2D eigenvalue weighted by atomic mass is 16.5. The summed E-state index contributed by atoms with van der Waals surface area (Å²) in [4.78, 5) is 20.1. The molecule has 6 rings (SSSR count). The van der Waals surface area contributed by atoms with Crippen molar-refractivity contribution in [1.82, 2.24) is 9.55 Å². The van der Waals surface area contributed by atoms with Gasteiger partial charge in [0.15, 0.2) is 0 Å². The second kappa shape index (κ2) is 9.04. The van der Waals surface area contributed by atoms with Crippen molar-refractivity contribution in [2.75, 3.05) is 25.7 Å². The van der Waals surface area contributed by atoms with E-state index in [9.17, 15) is 4.79 Å². The maximum Gasteiger partial charge on any atom is 0.227 e. The molecular formula is C30H27N3O3. The lowest BCUT2D eigenvalue weighted by Gasteiger charge is -2.21. The fraction of sp³-hybridized carbons (Fsp3) is 0.200. The lowest BCUT2D eigenvalue weighted by Crippen LogP contribution is -2.25. The first kappa shape index (κ1) is 22.2. The lowest BCUT2D eigenvalue weighted by molar-refractivity contribution is -0.117. The number of hydrogen-bond acceptors (Lipinski definition) is 4. The Bertz CT molecular complexity index is 1580. The van der Waals surface area contributed by atoms with Gasteiger partial charge in [-0.3, -0.25) is 4.79 Å². The van der Waals surface area contributed by atoms with Gasteiger partial charge in [-0.05, 0) is 40.6 Å². The molecule has 0 saturated carbocycles. The Morgan fingerprint density at radius 2 is 1.72 bits per heavy atom. The van der Waals surface area contributed by atoms with Gasteiger partial charge >= 0.3 is 0 Å². The van der Waals surface area contributed by atoms with Crippen LogP contribution in [-0.4, -0.2) is 36.2 Å². The number of rotatable bonds is 6. The third-order valence-corrected chi connectivity index (χ3v) is 7.06. The van der Waals surface area contributed by atoms with Crippen LogP contribution in [0.4, 0.5) is 5.69 Å². The van der Waals surface area contributed by atoms with Crippen LogP contribution in [0, 0.1) is 0 Å². The van der Waals surface area contributed by atoms with E-state index < -0.39 is 0 Å². The van der Waals surface area contributed by atoms with Gasteiger partial charge in [-0.15, -0.1) is 0 Å². The number of ether oxygens (including phenoxy) is 2. The number of imidazole rings is 1. The van der Waals surface area contributed by atoms with Crippen LogP contribution >= 0.6 is 0 Å². The van der Waals surface area contributed by atoms with Crippen molar-refractivity contribution in [3.8, 4) is 11.5 Å². The molecule has 1 fully saturated rings. The number of anilines is 1. The molecule has 1 atom stereocenters. The van der Waals surface area contributed by atoms with Crippen molar-refractivity contribution < 1.29 is 14.3 Å². The fourth-order valence-corrected chi connectivity index (χ4v) is 5.29. The highest BCUT2D eigenvalue weighted by molar-refractivity contribution is 5.98. The topological polar surface area (TPSA) is 56.6 Å². The zero-order chi connectivity index (χ0) is 24.6. The molecule has 4 aromatic carbocycles. The Balaban J connectivity index is 1.41. The molecule has 0 N–H and O–H groups in total. The van der Waals surface area contributed by atoms with E-state index in [4.69, 9.17) is 14.5 Å². The quantitative estimate of drug-likeness (QED) is 0.311. The van der Waals surface area contributed by atoms with Gasteiger partial charge in [0.25, 0.3) is 0 Å². The molecule has 0 radical (unpaired) electrons. The van der Waals surface area contributed by atoms with Crippen LogP contribution in [0.5, 0.6) is 11.5 Å². The van der Waals surface area contributed by atoms with E-state index in [-0.39, 0.29) is 11.8 Å². The second-order valence-electron chi connectivity index (χ2n) is 9.13. The zero-order valence-corrected chi connectivity index (χ0v) is 20.3. The van der Waals surface area contributed by atoms with Gasteiger partial charge in [-0.2, -0.15) is 0 Å². The highest BCUT2D eigenvalue weighted by Gasteiger charge is 2.36. The monoisotopic (exact) mass is 477 g/mol. The second-order valence-corrected chi connectivity index (χ2v) is 9.13. The summed E-state index contributed by atoms with van der Waals surface area (Å²) in [6, 6.07) is 28.6. The van der Waals surface area contributed by atoms with Crippen molar-refractivity contribution in [2.24, 2.45) is 0 Å². The van der Waals surface area contributed by atoms with Gasteiger partial charge in [0.2, 0.25) is 5.91 Å². The number of carbonyl (C=O) groups is 1. The van der Waals surface area contributed by atoms with E-state index in [1.807, 2.05) is 36.4 Å². The molecule has 1 aliphatic rings. The van der Waals surface area contributed by atoms with Crippen molar-refractivity contribution in [3.05, 3.63) is 96.3 Å². The molecule has 5 aromatic rings. The van der Waals surface area contributed by atoms with Gasteiger partial charge in [-0.25, -0.2) is 4.98 Å². The number of para-hydroxylation sites is 2. The number of benzene rings is 4. The van der Waals surface area contributed by atoms with E-state index >= 15 is 0 Å². The molecule has 1 amide bonds. The lowest BCUT2D eigenvalue weighted by atomic mass is 10.0. The van der Waals surface area contributed by atoms with Crippen LogP contribution < -0.4 is 14.4 Å². The average Bonchev–Trinajstić information content (AvgIpc) is 3.49. The first-order valence-electron chi connectivity index (χ1n) is 12.1. The molecule has 1 aromatic heterocycles. The summed E-state index contributed by atoms with van der Waals surface area (Å²) in [5.41, 5.74) is 3.97. The van der Waals surface area contributed by atoms with Crippen molar-refractivity contribution >= 4 is 33.4 Å². The van der Waals surface area contributed by atoms with Crippen LogP contribution in [0.3, 0.4) is 0 Å². The molecule has 180 valence electrons. The summed E-state index contributed by atoms with van der Waals surface area (Å²) in [5.74, 6) is 2.27. The van der Waals surface area contributed by atoms with Crippen LogP contribution in [-0.2, 0) is 11.3 Å². The van der Waals surface area contributed by atoms with Crippen molar-refractivity contribution in [1.29, 1.82) is 0 Å². The number of carbonyl (C=O) groups excluding carboxylic acids is 1. The van der Waals surface area contributed by atoms with E-state index in [0.29, 0.717) is 31.0 Å². The molecule has 36 heavy (non-hydrogen) atoms. The van der Waals surface area contributed by atoms with E-state index in [1.165, 1.54) is 16.3 Å². The van der Waals surface area contributed by atoms with E-state index in [2.05, 4.69) is 53.1 Å². The van der Waals surface area contributed by atoms with Gasteiger partial charge in [-0.1, -0.05) is 54.6 Å². The summed E-state index contributed by atoms with van der Waals surface area (Å²) in [6.07, 6.45) is 0.388. The number of methoxy groups -OCH3 is 2. The molecule has 1 aliphatic heterocycles. The molecule has 1 unspecified atom stereocenters. The van der Waals surface area contributed by atoms with Gasteiger partial charge in [0.1, 0.15) is 17.3 Å². The first-order valence-corrected chi connectivity index (χ1v) is 12.1. The van der Waals surface area contributed by atoms with Gasteiger partial charge in [0.05, 0.1) is 30.9 Å². The Kier molecular flexibility index (Phi) is 5.56. The van der Waals surface area contributed by atoms with Crippen LogP contribution in [0.2, 0.25) is 0 Å². The van der Waals surface area contributed by atoms with Crippen LogP contribution in [0.1, 0.15) is 23.7 Å². The predicted molar refractivity (Wildman–Crippen MR) is 142 cm³/mol. The number of hydrogen-bond donors (Lipinski definition) is 0. The number of nitrogens with zero attached hydrogens (tertiary/aromatic N) is 3. The maximum absolute atomic E-state index is 13.3. The van der Waals surface area contributed by atoms with Gasteiger partial charge < -0.3 is 18.9 Å². The van der Waals surface area contributed by atoms with Crippen molar-refractivity contribution in [2.45, 2.75) is 18.9 Å². The summed E-state index contributed by atoms with van der Waals surface area (Å²) in [6.45, 7) is 1.21. The Morgan fingerprint density at radius 1 is 0.917 bits per heavy atom. The summed E-state index contributed by atoms with van der Waals surface area (Å²) < 4.78 is 13.3. The zero-order valence-electron chi connectivity index (χ0n) is 20.3. The third kappa shape index (κ3) is 3.75. The molecule has 0 aliphatic carbocycles. The molecule has 0 spiro atoms. The Hall–Kier alpha value is -4.32. The fourth-order valence-electron chi connectivity index (χ4n) is 5.29. The Labute approximate surface area is 209 Å². The van der Waals surface area contributed by atoms with E-state index in [0.717, 1.165) is 22.5 Å². The number of fused-ring (bicyclic) bond motifs is 2. The molecular weight excluding hydrogens is 450 g/mol. The average molecular weight is 478 g/mol. The maximum atomic E-state index is 13.3. The summed E-state index contributed by atoms with van der Waals surface area (Å²) in [7, 11) is 3.24. The first-order chi connectivity index (χ1) is 17.7. The van der Waals surface area contributed by atoms with Crippen LogP contribution in [0.25, 0.3) is 21.8 Å². The highest BCUT2D eigenvalue weighted by Crippen LogP contribution is 2.39. The molecule has 0 bridgehead atoms. The van der Waals surface area contributed by atoms with E-state index in [1.54, 1.807) is 19.1 Å². The van der Waals surface area contributed by atoms with Crippen molar-refractivity contribution in [3.63, 3.8) is 0 Å². The summed E-state index contributed by atoms with van der Waals surface area (Å²) in [5, 5.41) is 2.45. The SMILES string of the molecule is COc1ccc(OC)c(N2CC(c3nc4ccccc4n3Cc3cccc4ccccc34)CC2=O)c1. The normalized spacial score (nSPS) is 15.7. The minimum absolute atomic E-state index is 0.0456. The standard InChI is InChI=1S/C30H27N3O3/c1-35-23-14-15-28(36-2)27(17-23)32-19-22(16-29(32)34)30-31-25-12-5-6-13-26(25)33(30)18-21-10-7-9-20-8-3-4-11-24(20)21/h3-15,17,22H,16,18-19H2,1-2H3. The number of amides is 1. The summed E-state index contributed by atoms with van der Waals surface area (Å²) >= 11 is 0. The molecule has 1 saturated heterocycles.